The summed E-state index contributed by atoms with van der Waals surface area (Å²) in [6.07, 6.45) is 0. The van der Waals surface area contributed by atoms with Crippen LogP contribution in [0.25, 0.3) is 199 Å². The fourth-order valence-electron chi connectivity index (χ4n) is 17.1. The normalized spacial score (nSPS) is 12.1. The molecule has 0 saturated carbocycles. The van der Waals surface area contributed by atoms with E-state index in [1.165, 1.54) is 87.2 Å². The molecule has 7 nitrogen and oxygen atoms in total. The van der Waals surface area contributed by atoms with Gasteiger partial charge < -0.3 is 27.4 Å². The van der Waals surface area contributed by atoms with Gasteiger partial charge in [0, 0.05) is 110 Å². The van der Waals surface area contributed by atoms with Gasteiger partial charge in [-0.3, -0.25) is 0 Å². The fraction of sp³-hybridized carbons (Fsp3) is 0. The Morgan fingerprint density at radius 3 is 0.647 bits per heavy atom. The van der Waals surface area contributed by atoms with Gasteiger partial charge in [-0.05, 0) is 163 Å². The minimum Gasteiger partial charge on any atom is -0.309 e. The zero-order chi connectivity index (χ0) is 66.7. The molecule has 0 aliphatic rings. The van der Waals surface area contributed by atoms with Crippen molar-refractivity contribution in [3.05, 3.63) is 358 Å². The van der Waals surface area contributed by atoms with Gasteiger partial charge in [0.1, 0.15) is 0 Å². The first-order chi connectivity index (χ1) is 50.6. The van der Waals surface area contributed by atoms with Gasteiger partial charge in [0.15, 0.2) is 0 Å². The molecule has 7 heterocycles. The van der Waals surface area contributed by atoms with Crippen molar-refractivity contribution < 1.29 is 0 Å². The third kappa shape index (κ3) is 8.33. The van der Waals surface area contributed by atoms with E-state index in [-0.39, 0.29) is 0 Å². The van der Waals surface area contributed by atoms with Crippen LogP contribution in [0.15, 0.2) is 358 Å². The second kappa shape index (κ2) is 21.9. The molecule has 0 aliphatic carbocycles. The Hall–Kier alpha value is -13.8. The predicted molar refractivity (Wildman–Crippen MR) is 427 cm³/mol. The second-order valence-corrected chi connectivity index (χ2v) is 27.1. The van der Waals surface area contributed by atoms with Crippen LogP contribution in [0, 0.1) is 0 Å². The van der Waals surface area contributed by atoms with Gasteiger partial charge in [0.25, 0.3) is 0 Å². The van der Waals surface area contributed by atoms with Gasteiger partial charge in [-0.25, -0.2) is 4.98 Å². The van der Waals surface area contributed by atoms with E-state index in [9.17, 15) is 0 Å². The average Bonchev–Trinajstić information content (AvgIpc) is 1.56. The van der Waals surface area contributed by atoms with E-state index in [4.69, 9.17) is 4.98 Å². The number of rotatable bonds is 9. The highest BCUT2D eigenvalue weighted by Crippen LogP contribution is 2.45. The number of fused-ring (bicyclic) bond motifs is 18. The highest BCUT2D eigenvalue weighted by molar-refractivity contribution is 6.17. The van der Waals surface area contributed by atoms with E-state index in [0.29, 0.717) is 0 Å². The number of nitrogens with zero attached hydrogens (tertiary/aromatic N) is 7. The van der Waals surface area contributed by atoms with Gasteiger partial charge in [-0.1, -0.05) is 206 Å². The molecule has 0 amide bonds. The summed E-state index contributed by atoms with van der Waals surface area (Å²) in [6.45, 7) is 0. The third-order valence-corrected chi connectivity index (χ3v) is 21.5. The summed E-state index contributed by atoms with van der Waals surface area (Å²) in [5.74, 6) is 0. The van der Waals surface area contributed by atoms with Crippen LogP contribution in [0.1, 0.15) is 0 Å². The van der Waals surface area contributed by atoms with E-state index in [0.717, 1.165) is 111 Å². The van der Waals surface area contributed by atoms with Gasteiger partial charge in [-0.15, -0.1) is 0 Å². The molecule has 0 fully saturated rings. The van der Waals surface area contributed by atoms with Gasteiger partial charge in [-0.2, -0.15) is 0 Å². The maximum atomic E-state index is 5.72. The number of aromatic nitrogens is 7. The molecule has 22 rings (SSSR count). The lowest BCUT2D eigenvalue weighted by Gasteiger charge is -2.17. The lowest BCUT2D eigenvalue weighted by molar-refractivity contribution is 1.12. The Bertz CT molecular complexity index is 6270. The quantitative estimate of drug-likeness (QED) is 0.142. The molecule has 0 spiro atoms. The molecule has 0 saturated heterocycles. The largest absolute Gasteiger partial charge is 0.309 e. The fourth-order valence-corrected chi connectivity index (χ4v) is 17.1. The molecule has 7 aromatic heterocycles. The standard InChI is InChI=1S/C95H59N7/c1-3-23-60(24-4-1)62-53-82(61-25-5-2-6-26-61)96-83(54-62)63-51-68(101-92-47-43-64(97-84-35-15-7-27-70(84)71-28-8-16-36-85(71)97)56-78(92)79-57-65(44-48-93(79)101)98-86-37-17-9-29-72(86)73-30-10-18-38-87(73)98)55-69(52-63)102-94-49-45-66(99-88-39-19-11-31-74(88)75-32-12-20-40-89(75)99)58-80(94)81-59-67(46-50-95(81)102)100-90-41-21-13-33-76(90)77-34-14-22-42-91(77)100/h1-59H. The van der Waals surface area contributed by atoms with Crippen molar-refractivity contribution in [1.82, 2.24) is 32.4 Å². The zero-order valence-electron chi connectivity index (χ0n) is 55.2. The minimum atomic E-state index is 0.865. The Balaban J connectivity index is 0.850. The lowest BCUT2D eigenvalue weighted by atomic mass is 9.99. The van der Waals surface area contributed by atoms with Crippen LogP contribution in [0.3, 0.4) is 0 Å². The van der Waals surface area contributed by atoms with Crippen molar-refractivity contribution in [2.75, 3.05) is 0 Å². The summed E-state index contributed by atoms with van der Waals surface area (Å²) in [6, 6.07) is 132. The van der Waals surface area contributed by atoms with Crippen LogP contribution in [-0.2, 0) is 0 Å². The summed E-state index contributed by atoms with van der Waals surface area (Å²) >= 11 is 0. The van der Waals surface area contributed by atoms with Crippen LogP contribution in [0.5, 0.6) is 0 Å². The molecule has 0 N–H and O–H groups in total. The number of pyridine rings is 1. The van der Waals surface area contributed by atoms with Crippen molar-refractivity contribution in [3.63, 3.8) is 0 Å². The van der Waals surface area contributed by atoms with Crippen molar-refractivity contribution in [3.8, 4) is 67.8 Å². The maximum absolute atomic E-state index is 5.72. The van der Waals surface area contributed by atoms with Crippen LogP contribution < -0.4 is 0 Å². The minimum absolute atomic E-state index is 0.865. The highest BCUT2D eigenvalue weighted by Gasteiger charge is 2.25. The van der Waals surface area contributed by atoms with Gasteiger partial charge in [0.2, 0.25) is 0 Å². The van der Waals surface area contributed by atoms with E-state index in [1.54, 1.807) is 0 Å². The van der Waals surface area contributed by atoms with E-state index >= 15 is 0 Å². The smallest absolute Gasteiger partial charge is 0.0717 e. The van der Waals surface area contributed by atoms with Crippen LogP contribution >= 0.6 is 0 Å². The van der Waals surface area contributed by atoms with E-state index < -0.39 is 0 Å². The molecule has 0 bridgehead atoms. The molecule has 474 valence electrons. The molecule has 15 aromatic carbocycles. The third-order valence-electron chi connectivity index (χ3n) is 21.5. The first-order valence-electron chi connectivity index (χ1n) is 35.0. The predicted octanol–water partition coefficient (Wildman–Crippen LogP) is 24.7. The SMILES string of the molecule is c1ccc(-c2cc(-c3ccccc3)nc(-c3cc(-n4c5ccc(-n6c7ccccc7c7ccccc76)cc5c5cc(-n6c7ccccc7c7ccccc76)ccc54)cc(-n4c5ccc(-n6c7ccccc7c7ccccc76)cc5c5cc(-n6c7ccccc7c7ccccc76)ccc54)c3)c2)cc1. The van der Waals surface area contributed by atoms with E-state index in [2.05, 4.69) is 385 Å². The van der Waals surface area contributed by atoms with Gasteiger partial charge in [0.05, 0.1) is 77.6 Å². The zero-order valence-corrected chi connectivity index (χ0v) is 55.2. The first kappa shape index (κ1) is 56.3. The van der Waals surface area contributed by atoms with E-state index in [1.807, 2.05) is 0 Å². The average molecular weight is 1300 g/mol. The van der Waals surface area contributed by atoms with Gasteiger partial charge >= 0.3 is 0 Å². The topological polar surface area (TPSA) is 42.5 Å². The molecule has 0 unspecified atom stereocenters. The number of hydrogen-bond donors (Lipinski definition) is 0. The van der Waals surface area contributed by atoms with Crippen LogP contribution in [-0.4, -0.2) is 32.4 Å². The first-order valence-corrected chi connectivity index (χ1v) is 35.0. The Morgan fingerprint density at radius 1 is 0.137 bits per heavy atom. The molecule has 22 aromatic rings. The molecule has 0 atom stereocenters. The Labute approximate surface area is 585 Å². The van der Waals surface area contributed by atoms with Crippen molar-refractivity contribution in [2.45, 2.75) is 0 Å². The molecular weight excluding hydrogens is 1240 g/mol. The summed E-state index contributed by atoms with van der Waals surface area (Å²) < 4.78 is 14.8. The maximum Gasteiger partial charge on any atom is 0.0717 e. The second-order valence-electron chi connectivity index (χ2n) is 27.1. The summed E-state index contributed by atoms with van der Waals surface area (Å²) in [7, 11) is 0. The van der Waals surface area contributed by atoms with Crippen LogP contribution in [0.4, 0.5) is 0 Å². The van der Waals surface area contributed by atoms with Crippen molar-refractivity contribution in [1.29, 1.82) is 0 Å². The Kier molecular flexibility index (Phi) is 12.1. The molecule has 102 heavy (non-hydrogen) atoms. The monoisotopic (exact) mass is 1300 g/mol. The molecule has 7 heteroatoms. The summed E-state index contributed by atoms with van der Waals surface area (Å²) in [4.78, 5) is 5.72. The van der Waals surface area contributed by atoms with Crippen molar-refractivity contribution in [2.24, 2.45) is 0 Å². The summed E-state index contributed by atoms with van der Waals surface area (Å²) in [5.41, 5.74) is 26.1. The summed E-state index contributed by atoms with van der Waals surface area (Å²) in [5, 5.41) is 14.4. The molecule has 0 radical (unpaired) electrons. The number of hydrogen-bond acceptors (Lipinski definition) is 1. The van der Waals surface area contributed by atoms with Crippen LogP contribution in [0.2, 0.25) is 0 Å². The number of benzene rings is 15. The van der Waals surface area contributed by atoms with Crippen molar-refractivity contribution >= 4 is 131 Å². The molecular formula is C95H59N7. The highest BCUT2D eigenvalue weighted by atomic mass is 15.0. The Morgan fingerprint density at radius 2 is 0.363 bits per heavy atom. The molecule has 0 aliphatic heterocycles. The number of para-hydroxylation sites is 8. The lowest BCUT2D eigenvalue weighted by Crippen LogP contribution is -2.02.